The number of rotatable bonds is 8. The van der Waals surface area contributed by atoms with Crippen LogP contribution in [0.15, 0.2) is 72.8 Å². The number of hydrogen-bond acceptors (Lipinski definition) is 6. The van der Waals surface area contributed by atoms with Gasteiger partial charge in [0.1, 0.15) is 6.54 Å². The highest BCUT2D eigenvalue weighted by Crippen LogP contribution is 2.25. The van der Waals surface area contributed by atoms with Crippen LogP contribution in [-0.4, -0.2) is 70.0 Å². The van der Waals surface area contributed by atoms with E-state index in [9.17, 15) is 22.8 Å². The van der Waals surface area contributed by atoms with E-state index in [4.69, 9.17) is 16.3 Å². The van der Waals surface area contributed by atoms with Crippen LogP contribution >= 0.6 is 11.6 Å². The van der Waals surface area contributed by atoms with Crippen LogP contribution in [0.4, 0.5) is 11.4 Å². The molecule has 1 N–H and O–H groups in total. The van der Waals surface area contributed by atoms with Gasteiger partial charge in [0, 0.05) is 34.8 Å². The van der Waals surface area contributed by atoms with Gasteiger partial charge in [-0.1, -0.05) is 41.9 Å². The Hall–Kier alpha value is -3.73. The molecule has 0 spiro atoms. The molecule has 4 rings (SSSR count). The highest BCUT2D eigenvalue weighted by molar-refractivity contribution is 7.92. The van der Waals surface area contributed by atoms with Crippen molar-refractivity contribution < 1.29 is 27.5 Å². The molecule has 9 nitrogen and oxygen atoms in total. The van der Waals surface area contributed by atoms with Crippen molar-refractivity contribution in [1.82, 2.24) is 4.90 Å². The second-order valence-electron chi connectivity index (χ2n) is 8.65. The molecule has 2 amide bonds. The van der Waals surface area contributed by atoms with Gasteiger partial charge in [0.05, 0.1) is 30.8 Å². The Balaban J connectivity index is 1.52. The Morgan fingerprint density at radius 2 is 1.61 bits per heavy atom. The summed E-state index contributed by atoms with van der Waals surface area (Å²) in [4.78, 5) is 40.4. The maximum atomic E-state index is 13.1. The molecule has 0 saturated carbocycles. The van der Waals surface area contributed by atoms with Crippen LogP contribution in [0.25, 0.3) is 0 Å². The van der Waals surface area contributed by atoms with Gasteiger partial charge >= 0.3 is 0 Å². The third kappa shape index (κ3) is 6.58. The highest BCUT2D eigenvalue weighted by atomic mass is 35.5. The molecule has 3 aromatic carbocycles. The van der Waals surface area contributed by atoms with E-state index in [2.05, 4.69) is 5.32 Å². The Morgan fingerprint density at radius 3 is 2.24 bits per heavy atom. The molecule has 0 atom stereocenters. The normalized spacial score (nSPS) is 13.6. The fourth-order valence-electron chi connectivity index (χ4n) is 4.00. The minimum absolute atomic E-state index is 0.175. The average molecular weight is 556 g/mol. The summed E-state index contributed by atoms with van der Waals surface area (Å²) >= 11 is 6.11. The third-order valence-electron chi connectivity index (χ3n) is 5.92. The molecule has 1 heterocycles. The first kappa shape index (κ1) is 27.3. The van der Waals surface area contributed by atoms with Crippen molar-refractivity contribution in [2.75, 3.05) is 48.7 Å². The lowest BCUT2D eigenvalue weighted by atomic mass is 10.0. The summed E-state index contributed by atoms with van der Waals surface area (Å²) in [7, 11) is -3.86. The van der Waals surface area contributed by atoms with Crippen molar-refractivity contribution in [2.45, 2.75) is 0 Å². The van der Waals surface area contributed by atoms with Gasteiger partial charge in [-0.3, -0.25) is 18.7 Å². The monoisotopic (exact) mass is 555 g/mol. The molecule has 11 heteroatoms. The van der Waals surface area contributed by atoms with Gasteiger partial charge in [-0.25, -0.2) is 8.42 Å². The number of sulfonamides is 1. The number of ether oxygens (including phenoxy) is 1. The molecule has 1 saturated heterocycles. The first-order valence-electron chi connectivity index (χ1n) is 11.8. The number of amides is 2. The zero-order valence-electron chi connectivity index (χ0n) is 20.6. The van der Waals surface area contributed by atoms with E-state index in [1.54, 1.807) is 35.2 Å². The minimum Gasteiger partial charge on any atom is -0.378 e. The van der Waals surface area contributed by atoms with E-state index < -0.39 is 22.5 Å². The number of nitrogens with one attached hydrogen (secondary N) is 1. The first-order chi connectivity index (χ1) is 18.1. The molecule has 38 heavy (non-hydrogen) atoms. The number of hydrogen-bond donors (Lipinski definition) is 1. The first-order valence-corrected chi connectivity index (χ1v) is 14.0. The predicted octanol–water partition coefficient (Wildman–Crippen LogP) is 3.45. The summed E-state index contributed by atoms with van der Waals surface area (Å²) in [5, 5.41) is 2.95. The van der Waals surface area contributed by atoms with Gasteiger partial charge in [0.2, 0.25) is 15.9 Å². The smallest absolute Gasteiger partial charge is 0.254 e. The lowest BCUT2D eigenvalue weighted by Crippen LogP contribution is -2.40. The highest BCUT2D eigenvalue weighted by Gasteiger charge is 2.24. The molecule has 198 valence electrons. The lowest BCUT2D eigenvalue weighted by Gasteiger charge is -2.27. The van der Waals surface area contributed by atoms with E-state index >= 15 is 0 Å². The molecule has 0 unspecified atom stereocenters. The van der Waals surface area contributed by atoms with Gasteiger partial charge in [-0.05, 0) is 42.5 Å². The zero-order valence-corrected chi connectivity index (χ0v) is 22.2. The van der Waals surface area contributed by atoms with Crippen molar-refractivity contribution in [3.05, 3.63) is 94.5 Å². The summed E-state index contributed by atoms with van der Waals surface area (Å²) < 4.78 is 31.4. The number of halogens is 1. The summed E-state index contributed by atoms with van der Waals surface area (Å²) in [6.45, 7) is 1.35. The molecule has 1 aliphatic rings. The summed E-state index contributed by atoms with van der Waals surface area (Å²) in [5.74, 6) is -1.18. The number of carbonyl (C=O) groups is 3. The van der Waals surface area contributed by atoms with E-state index in [0.29, 0.717) is 42.5 Å². The van der Waals surface area contributed by atoms with Gasteiger partial charge in [-0.2, -0.15) is 0 Å². The topological polar surface area (TPSA) is 113 Å². The maximum absolute atomic E-state index is 13.1. The van der Waals surface area contributed by atoms with E-state index in [1.165, 1.54) is 42.5 Å². The number of benzene rings is 3. The van der Waals surface area contributed by atoms with Gasteiger partial charge in [0.15, 0.2) is 5.78 Å². The molecular weight excluding hydrogens is 530 g/mol. The van der Waals surface area contributed by atoms with Crippen molar-refractivity contribution in [3.8, 4) is 0 Å². The lowest BCUT2D eigenvalue weighted by molar-refractivity contribution is -0.114. The zero-order chi connectivity index (χ0) is 27.3. The second kappa shape index (κ2) is 11.8. The largest absolute Gasteiger partial charge is 0.378 e. The van der Waals surface area contributed by atoms with Crippen LogP contribution in [0.1, 0.15) is 26.3 Å². The Bertz CT molecular complexity index is 1440. The molecule has 1 aliphatic heterocycles. The second-order valence-corrected chi connectivity index (χ2v) is 11.0. The van der Waals surface area contributed by atoms with Crippen LogP contribution < -0.4 is 9.62 Å². The van der Waals surface area contributed by atoms with Crippen LogP contribution in [0.2, 0.25) is 5.02 Å². The fourth-order valence-corrected chi connectivity index (χ4v) is 5.03. The number of ketones is 1. The standard InChI is InChI=1S/C27H26ClN3O6S/c1-38(35,36)31(22-10-7-20(8-11-22)27(34)30-13-15-37-16-14-30)18-25(32)29-24-12-9-21(28)17-23(24)26(33)19-5-3-2-4-6-19/h2-12,17H,13-16,18H2,1H3,(H,29,32). The molecular formula is C27H26ClN3O6S. The number of morpholine rings is 1. The Kier molecular flexibility index (Phi) is 8.45. The SMILES string of the molecule is CS(=O)(=O)N(CC(=O)Nc1ccc(Cl)cc1C(=O)c1ccccc1)c1ccc(C(=O)N2CCOCC2)cc1. The number of nitrogens with zero attached hydrogens (tertiary/aromatic N) is 2. The molecule has 3 aromatic rings. The summed E-state index contributed by atoms with van der Waals surface area (Å²) in [6.07, 6.45) is 0.986. The quantitative estimate of drug-likeness (QED) is 0.426. The van der Waals surface area contributed by atoms with Crippen LogP contribution in [0, 0.1) is 0 Å². The van der Waals surface area contributed by atoms with Crippen LogP contribution in [0.3, 0.4) is 0 Å². The van der Waals surface area contributed by atoms with Crippen LogP contribution in [-0.2, 0) is 19.6 Å². The summed E-state index contributed by atoms with van der Waals surface area (Å²) in [5.41, 5.74) is 1.41. The Labute approximate surface area is 226 Å². The number of anilines is 2. The molecule has 0 bridgehead atoms. The fraction of sp³-hybridized carbons (Fsp3) is 0.222. The van der Waals surface area contributed by atoms with Crippen molar-refractivity contribution in [2.24, 2.45) is 0 Å². The summed E-state index contributed by atoms with van der Waals surface area (Å²) in [6, 6.07) is 19.0. The van der Waals surface area contributed by atoms with E-state index in [1.807, 2.05) is 0 Å². The Morgan fingerprint density at radius 1 is 0.947 bits per heavy atom. The van der Waals surface area contributed by atoms with E-state index in [0.717, 1.165) is 10.6 Å². The molecule has 0 aromatic heterocycles. The molecule has 1 fully saturated rings. The number of carbonyl (C=O) groups excluding carboxylic acids is 3. The molecule has 0 radical (unpaired) electrons. The van der Waals surface area contributed by atoms with Crippen LogP contribution in [0.5, 0.6) is 0 Å². The predicted molar refractivity (Wildman–Crippen MR) is 145 cm³/mol. The van der Waals surface area contributed by atoms with Crippen molar-refractivity contribution in [1.29, 1.82) is 0 Å². The van der Waals surface area contributed by atoms with Crippen molar-refractivity contribution in [3.63, 3.8) is 0 Å². The van der Waals surface area contributed by atoms with E-state index in [-0.39, 0.29) is 28.6 Å². The minimum atomic E-state index is -3.86. The average Bonchev–Trinajstić information content (AvgIpc) is 2.92. The van der Waals surface area contributed by atoms with Gasteiger partial charge in [-0.15, -0.1) is 0 Å². The van der Waals surface area contributed by atoms with Gasteiger partial charge < -0.3 is 15.0 Å². The maximum Gasteiger partial charge on any atom is 0.254 e. The third-order valence-corrected chi connectivity index (χ3v) is 7.30. The molecule has 0 aliphatic carbocycles. The van der Waals surface area contributed by atoms with Gasteiger partial charge in [0.25, 0.3) is 5.91 Å². The van der Waals surface area contributed by atoms with Crippen molar-refractivity contribution >= 4 is 50.6 Å².